The molecule has 0 amide bonds. The molecule has 0 heterocycles. The Labute approximate surface area is 120 Å². The third-order valence-electron chi connectivity index (χ3n) is 2.80. The molecule has 0 bridgehead atoms. The Morgan fingerprint density at radius 3 is 2.45 bits per heavy atom. The van der Waals surface area contributed by atoms with Crippen LogP contribution in [0.1, 0.15) is 30.6 Å². The Bertz CT molecular complexity index is 434. The van der Waals surface area contributed by atoms with Crippen LogP contribution in [0, 0.1) is 0 Å². The summed E-state index contributed by atoms with van der Waals surface area (Å²) < 4.78 is 15.9. The minimum atomic E-state index is -0.567. The highest BCUT2D eigenvalue weighted by Crippen LogP contribution is 2.29. The number of benzene rings is 1. The first kappa shape index (κ1) is 16.5. The smallest absolute Gasteiger partial charge is 0.179 e. The van der Waals surface area contributed by atoms with Crippen molar-refractivity contribution in [2.75, 3.05) is 26.9 Å². The summed E-state index contributed by atoms with van der Waals surface area (Å²) in [5.74, 6) is 1.08. The molecular formula is C15H23NO4. The van der Waals surface area contributed by atoms with Crippen LogP contribution in [-0.2, 0) is 4.74 Å². The molecule has 0 radical (unpaired) electrons. The van der Waals surface area contributed by atoms with Crippen molar-refractivity contribution in [2.45, 2.75) is 26.3 Å². The molecule has 1 aromatic rings. The Kier molecular flexibility index (Phi) is 7.04. The van der Waals surface area contributed by atoms with Crippen molar-refractivity contribution in [1.29, 1.82) is 0 Å². The lowest BCUT2D eigenvalue weighted by Gasteiger charge is -2.14. The number of hydrogen-bond donors (Lipinski definition) is 1. The Morgan fingerprint density at radius 1 is 1.20 bits per heavy atom. The molecule has 1 unspecified atom stereocenters. The molecule has 0 saturated heterocycles. The second-order valence-electron chi connectivity index (χ2n) is 4.28. The van der Waals surface area contributed by atoms with Crippen LogP contribution in [0.2, 0.25) is 0 Å². The van der Waals surface area contributed by atoms with Gasteiger partial charge in [-0.25, -0.2) is 0 Å². The van der Waals surface area contributed by atoms with Crippen molar-refractivity contribution in [2.24, 2.45) is 5.73 Å². The Hall–Kier alpha value is -1.59. The molecule has 112 valence electrons. The summed E-state index contributed by atoms with van der Waals surface area (Å²) in [6.45, 7) is 5.29. The van der Waals surface area contributed by atoms with Gasteiger partial charge in [-0.05, 0) is 38.5 Å². The fourth-order valence-electron chi connectivity index (χ4n) is 1.79. The van der Waals surface area contributed by atoms with Gasteiger partial charge < -0.3 is 19.9 Å². The van der Waals surface area contributed by atoms with Crippen LogP contribution in [-0.4, -0.2) is 38.8 Å². The van der Waals surface area contributed by atoms with Gasteiger partial charge in [0, 0.05) is 19.3 Å². The molecule has 1 aromatic carbocycles. The summed E-state index contributed by atoms with van der Waals surface area (Å²) in [6, 6.07) is 4.57. The molecule has 5 heteroatoms. The van der Waals surface area contributed by atoms with E-state index in [1.54, 1.807) is 25.3 Å². The van der Waals surface area contributed by atoms with Crippen molar-refractivity contribution in [3.8, 4) is 11.5 Å². The van der Waals surface area contributed by atoms with E-state index in [1.165, 1.54) is 0 Å². The number of ketones is 1. The maximum Gasteiger partial charge on any atom is 0.179 e. The highest BCUT2D eigenvalue weighted by Gasteiger charge is 2.17. The monoisotopic (exact) mass is 281 g/mol. The number of carbonyl (C=O) groups excluding carboxylic acids is 1. The lowest BCUT2D eigenvalue weighted by Crippen LogP contribution is -2.31. The van der Waals surface area contributed by atoms with Crippen molar-refractivity contribution >= 4 is 5.78 Å². The Morgan fingerprint density at radius 2 is 1.85 bits per heavy atom. The van der Waals surface area contributed by atoms with E-state index in [9.17, 15) is 4.79 Å². The second-order valence-corrected chi connectivity index (χ2v) is 4.28. The first-order valence-corrected chi connectivity index (χ1v) is 6.82. The van der Waals surface area contributed by atoms with E-state index in [2.05, 4.69) is 0 Å². The lowest BCUT2D eigenvalue weighted by molar-refractivity contribution is 0.0935. The zero-order chi connectivity index (χ0) is 15.0. The predicted octanol–water partition coefficient (Wildman–Crippen LogP) is 2.03. The van der Waals surface area contributed by atoms with E-state index in [4.69, 9.17) is 19.9 Å². The van der Waals surface area contributed by atoms with E-state index < -0.39 is 6.04 Å². The van der Waals surface area contributed by atoms with E-state index in [0.29, 0.717) is 43.3 Å². The molecule has 2 N–H and O–H groups in total. The molecule has 20 heavy (non-hydrogen) atoms. The standard InChI is InChI=1S/C15H23NO4/c1-4-19-13-7-6-11(10-14(13)20-5-2)15(17)12(16)8-9-18-3/h6-7,10,12H,4-5,8-9,16H2,1-3H3. The second kappa shape index (κ2) is 8.55. The lowest BCUT2D eigenvalue weighted by atomic mass is 10.0. The molecule has 0 spiro atoms. The number of methoxy groups -OCH3 is 1. The van der Waals surface area contributed by atoms with Gasteiger partial charge in [-0.2, -0.15) is 0 Å². The molecular weight excluding hydrogens is 258 g/mol. The van der Waals surface area contributed by atoms with Crippen LogP contribution in [0.4, 0.5) is 0 Å². The van der Waals surface area contributed by atoms with Gasteiger partial charge in [0.15, 0.2) is 17.3 Å². The molecule has 0 aliphatic carbocycles. The van der Waals surface area contributed by atoms with Gasteiger partial charge in [0.25, 0.3) is 0 Å². The SMILES string of the molecule is CCOc1ccc(C(=O)C(N)CCOC)cc1OCC. The molecule has 1 rings (SSSR count). The fourth-order valence-corrected chi connectivity index (χ4v) is 1.79. The zero-order valence-electron chi connectivity index (χ0n) is 12.3. The van der Waals surface area contributed by atoms with E-state index >= 15 is 0 Å². The van der Waals surface area contributed by atoms with Crippen LogP contribution in [0.3, 0.4) is 0 Å². The number of hydrogen-bond acceptors (Lipinski definition) is 5. The van der Waals surface area contributed by atoms with E-state index in [-0.39, 0.29) is 5.78 Å². The third kappa shape index (κ3) is 4.51. The van der Waals surface area contributed by atoms with Gasteiger partial charge in [0.05, 0.1) is 19.3 Å². The van der Waals surface area contributed by atoms with E-state index in [0.717, 1.165) is 0 Å². The number of Topliss-reactive ketones (excluding diaryl/α,β-unsaturated/α-hetero) is 1. The average molecular weight is 281 g/mol. The predicted molar refractivity (Wildman–Crippen MR) is 77.6 cm³/mol. The molecule has 0 fully saturated rings. The van der Waals surface area contributed by atoms with Crippen molar-refractivity contribution < 1.29 is 19.0 Å². The van der Waals surface area contributed by atoms with Crippen LogP contribution in [0.25, 0.3) is 0 Å². The number of ether oxygens (including phenoxy) is 3. The van der Waals surface area contributed by atoms with E-state index in [1.807, 2.05) is 13.8 Å². The molecule has 0 aliphatic heterocycles. The number of carbonyl (C=O) groups is 1. The molecule has 5 nitrogen and oxygen atoms in total. The minimum absolute atomic E-state index is 0.119. The van der Waals surface area contributed by atoms with Crippen LogP contribution in [0.5, 0.6) is 11.5 Å². The number of rotatable bonds is 9. The summed E-state index contributed by atoms with van der Waals surface area (Å²) >= 11 is 0. The normalized spacial score (nSPS) is 12.0. The first-order valence-electron chi connectivity index (χ1n) is 6.82. The van der Waals surface area contributed by atoms with Gasteiger partial charge in [-0.1, -0.05) is 0 Å². The number of nitrogens with two attached hydrogens (primary N) is 1. The highest BCUT2D eigenvalue weighted by molar-refractivity contribution is 6.00. The Balaban J connectivity index is 2.89. The summed E-state index contributed by atoms with van der Waals surface area (Å²) in [4.78, 5) is 12.2. The zero-order valence-corrected chi connectivity index (χ0v) is 12.3. The third-order valence-corrected chi connectivity index (χ3v) is 2.80. The summed E-state index contributed by atoms with van der Waals surface area (Å²) in [7, 11) is 1.58. The van der Waals surface area contributed by atoms with Crippen LogP contribution in [0.15, 0.2) is 18.2 Å². The quantitative estimate of drug-likeness (QED) is 0.701. The molecule has 1 atom stereocenters. The maximum absolute atomic E-state index is 12.2. The highest BCUT2D eigenvalue weighted by atomic mass is 16.5. The van der Waals surface area contributed by atoms with Gasteiger partial charge in [0.1, 0.15) is 0 Å². The summed E-state index contributed by atoms with van der Waals surface area (Å²) in [5.41, 5.74) is 6.38. The summed E-state index contributed by atoms with van der Waals surface area (Å²) in [6.07, 6.45) is 0.493. The van der Waals surface area contributed by atoms with Gasteiger partial charge in [-0.15, -0.1) is 0 Å². The molecule has 0 aromatic heterocycles. The van der Waals surface area contributed by atoms with Crippen LogP contribution < -0.4 is 15.2 Å². The van der Waals surface area contributed by atoms with Crippen molar-refractivity contribution in [1.82, 2.24) is 0 Å². The van der Waals surface area contributed by atoms with Crippen molar-refractivity contribution in [3.63, 3.8) is 0 Å². The summed E-state index contributed by atoms with van der Waals surface area (Å²) in [5, 5.41) is 0. The average Bonchev–Trinajstić information content (AvgIpc) is 2.46. The largest absolute Gasteiger partial charge is 0.490 e. The maximum atomic E-state index is 12.2. The minimum Gasteiger partial charge on any atom is -0.490 e. The van der Waals surface area contributed by atoms with Crippen LogP contribution >= 0.6 is 0 Å². The first-order chi connectivity index (χ1) is 9.63. The molecule has 0 aliphatic rings. The van der Waals surface area contributed by atoms with Gasteiger partial charge >= 0.3 is 0 Å². The molecule has 0 saturated carbocycles. The van der Waals surface area contributed by atoms with Gasteiger partial charge in [0.2, 0.25) is 0 Å². The van der Waals surface area contributed by atoms with Crippen molar-refractivity contribution in [3.05, 3.63) is 23.8 Å². The van der Waals surface area contributed by atoms with Gasteiger partial charge in [-0.3, -0.25) is 4.79 Å². The fraction of sp³-hybridized carbons (Fsp3) is 0.533. The topological polar surface area (TPSA) is 70.8 Å².